The molecule has 1 aromatic carbocycles. The highest BCUT2D eigenvalue weighted by molar-refractivity contribution is 5.79. The average Bonchev–Trinajstić information content (AvgIpc) is 3.07. The smallest absolute Gasteiger partial charge is 0.223 e. The van der Waals surface area contributed by atoms with Crippen LogP contribution < -0.4 is 11.1 Å². The molecule has 0 aliphatic heterocycles. The molecular weight excluding hydrogens is 260 g/mol. The molecule has 116 valence electrons. The third-order valence-corrected chi connectivity index (χ3v) is 4.03. The maximum atomic E-state index is 12.2. The zero-order valence-corrected chi connectivity index (χ0v) is 13.7. The van der Waals surface area contributed by atoms with Crippen LogP contribution in [-0.2, 0) is 17.6 Å². The summed E-state index contributed by atoms with van der Waals surface area (Å²) >= 11 is 0. The van der Waals surface area contributed by atoms with Crippen LogP contribution in [0.4, 0.5) is 0 Å². The number of rotatable bonds is 5. The Morgan fingerprint density at radius 2 is 1.86 bits per heavy atom. The van der Waals surface area contributed by atoms with Gasteiger partial charge in [0.15, 0.2) is 0 Å². The SMILES string of the molecule is CC(Cc1ccccc1CC1(N)CC1)C(=O)NC(C)(C)C. The summed E-state index contributed by atoms with van der Waals surface area (Å²) in [6, 6.07) is 8.38. The number of benzene rings is 1. The van der Waals surface area contributed by atoms with E-state index in [9.17, 15) is 4.79 Å². The average molecular weight is 288 g/mol. The molecule has 3 N–H and O–H groups in total. The van der Waals surface area contributed by atoms with Crippen LogP contribution in [0.2, 0.25) is 0 Å². The monoisotopic (exact) mass is 288 g/mol. The second-order valence-corrected chi connectivity index (χ2v) is 7.65. The van der Waals surface area contributed by atoms with Crippen LogP contribution in [0, 0.1) is 5.92 Å². The Balaban J connectivity index is 2.03. The van der Waals surface area contributed by atoms with E-state index in [0.29, 0.717) is 0 Å². The summed E-state index contributed by atoms with van der Waals surface area (Å²) in [6.45, 7) is 8.03. The minimum absolute atomic E-state index is 0.00695. The van der Waals surface area contributed by atoms with Gasteiger partial charge < -0.3 is 11.1 Å². The lowest BCUT2D eigenvalue weighted by molar-refractivity contribution is -0.125. The second kappa shape index (κ2) is 5.80. The Morgan fingerprint density at radius 1 is 1.29 bits per heavy atom. The van der Waals surface area contributed by atoms with Crippen LogP contribution in [0.3, 0.4) is 0 Å². The maximum absolute atomic E-state index is 12.2. The van der Waals surface area contributed by atoms with Gasteiger partial charge in [0.2, 0.25) is 5.91 Å². The van der Waals surface area contributed by atoms with E-state index < -0.39 is 0 Å². The largest absolute Gasteiger partial charge is 0.351 e. The molecular formula is C18H28N2O. The molecule has 1 amide bonds. The van der Waals surface area contributed by atoms with E-state index in [0.717, 1.165) is 25.7 Å². The highest BCUT2D eigenvalue weighted by atomic mass is 16.2. The normalized spacial score (nSPS) is 18.1. The van der Waals surface area contributed by atoms with Crippen molar-refractivity contribution in [1.82, 2.24) is 5.32 Å². The van der Waals surface area contributed by atoms with Crippen LogP contribution in [-0.4, -0.2) is 17.0 Å². The number of carbonyl (C=O) groups excluding carboxylic acids is 1. The second-order valence-electron chi connectivity index (χ2n) is 7.65. The first-order valence-electron chi connectivity index (χ1n) is 7.86. The molecule has 21 heavy (non-hydrogen) atoms. The molecule has 3 heteroatoms. The Morgan fingerprint density at radius 3 is 2.38 bits per heavy atom. The molecule has 1 fully saturated rings. The zero-order chi connectivity index (χ0) is 15.7. The quantitative estimate of drug-likeness (QED) is 0.875. The highest BCUT2D eigenvalue weighted by Crippen LogP contribution is 2.36. The molecule has 0 heterocycles. The van der Waals surface area contributed by atoms with E-state index in [1.54, 1.807) is 0 Å². The predicted octanol–water partition coefficient (Wildman–Crippen LogP) is 2.81. The number of amides is 1. The van der Waals surface area contributed by atoms with Crippen LogP contribution in [0.5, 0.6) is 0 Å². The fourth-order valence-corrected chi connectivity index (χ4v) is 2.56. The van der Waals surface area contributed by atoms with E-state index >= 15 is 0 Å². The summed E-state index contributed by atoms with van der Waals surface area (Å²) in [5.41, 5.74) is 8.62. The van der Waals surface area contributed by atoms with Crippen molar-refractivity contribution in [2.45, 2.75) is 64.5 Å². The third kappa shape index (κ3) is 4.85. The van der Waals surface area contributed by atoms with Gasteiger partial charge in [-0.25, -0.2) is 0 Å². The zero-order valence-electron chi connectivity index (χ0n) is 13.7. The molecule has 1 atom stereocenters. The van der Waals surface area contributed by atoms with Crippen LogP contribution in [0.15, 0.2) is 24.3 Å². The van der Waals surface area contributed by atoms with Crippen molar-refractivity contribution in [1.29, 1.82) is 0 Å². The van der Waals surface area contributed by atoms with Gasteiger partial charge in [0, 0.05) is 17.0 Å². The lowest BCUT2D eigenvalue weighted by Gasteiger charge is -2.24. The molecule has 0 aromatic heterocycles. The maximum Gasteiger partial charge on any atom is 0.223 e. The molecule has 1 aliphatic rings. The number of nitrogens with two attached hydrogens (primary N) is 1. The topological polar surface area (TPSA) is 55.1 Å². The number of carbonyl (C=O) groups is 1. The van der Waals surface area contributed by atoms with E-state index in [2.05, 4.69) is 23.5 Å². The Hall–Kier alpha value is -1.35. The van der Waals surface area contributed by atoms with Gasteiger partial charge in [-0.15, -0.1) is 0 Å². The van der Waals surface area contributed by atoms with E-state index in [4.69, 9.17) is 5.73 Å². The Labute approximate surface area is 128 Å². The van der Waals surface area contributed by atoms with Crippen LogP contribution in [0.1, 0.15) is 51.7 Å². The summed E-state index contributed by atoms with van der Waals surface area (Å²) in [6.07, 6.45) is 3.92. The molecule has 1 aliphatic carbocycles. The molecule has 2 rings (SSSR count). The molecule has 0 saturated heterocycles. The fourth-order valence-electron chi connectivity index (χ4n) is 2.56. The first kappa shape index (κ1) is 16.0. The van der Waals surface area contributed by atoms with Gasteiger partial charge >= 0.3 is 0 Å². The van der Waals surface area contributed by atoms with Gasteiger partial charge in [0.25, 0.3) is 0 Å². The Bertz CT molecular complexity index is 512. The lowest BCUT2D eigenvalue weighted by Crippen LogP contribution is -2.43. The summed E-state index contributed by atoms with van der Waals surface area (Å²) in [5.74, 6) is 0.0875. The van der Waals surface area contributed by atoms with Gasteiger partial charge in [0.05, 0.1) is 0 Å². The molecule has 1 unspecified atom stereocenters. The van der Waals surface area contributed by atoms with Gasteiger partial charge in [-0.2, -0.15) is 0 Å². The molecule has 0 bridgehead atoms. The van der Waals surface area contributed by atoms with Gasteiger partial charge in [-0.1, -0.05) is 31.2 Å². The van der Waals surface area contributed by atoms with Crippen LogP contribution >= 0.6 is 0 Å². The first-order valence-corrected chi connectivity index (χ1v) is 7.86. The fraction of sp³-hybridized carbons (Fsp3) is 0.611. The standard InChI is InChI=1S/C18H28N2O/c1-13(16(21)20-17(2,3)4)11-14-7-5-6-8-15(14)12-18(19)9-10-18/h5-8,13H,9-12,19H2,1-4H3,(H,20,21). The van der Waals surface area contributed by atoms with E-state index in [-0.39, 0.29) is 22.9 Å². The van der Waals surface area contributed by atoms with E-state index in [1.807, 2.05) is 33.8 Å². The van der Waals surface area contributed by atoms with Crippen molar-refractivity contribution >= 4 is 5.91 Å². The predicted molar refractivity (Wildman–Crippen MR) is 87.1 cm³/mol. The highest BCUT2D eigenvalue weighted by Gasteiger charge is 2.38. The summed E-state index contributed by atoms with van der Waals surface area (Å²) in [7, 11) is 0. The summed E-state index contributed by atoms with van der Waals surface area (Å²) in [5, 5.41) is 3.06. The Kier molecular flexibility index (Phi) is 4.43. The van der Waals surface area contributed by atoms with Crippen molar-refractivity contribution in [3.05, 3.63) is 35.4 Å². The van der Waals surface area contributed by atoms with Crippen LogP contribution in [0.25, 0.3) is 0 Å². The van der Waals surface area contributed by atoms with E-state index in [1.165, 1.54) is 11.1 Å². The van der Waals surface area contributed by atoms with Crippen molar-refractivity contribution in [3.63, 3.8) is 0 Å². The van der Waals surface area contributed by atoms with Gasteiger partial charge in [-0.05, 0) is 57.6 Å². The minimum Gasteiger partial charge on any atom is -0.351 e. The molecule has 3 nitrogen and oxygen atoms in total. The molecule has 1 aromatic rings. The first-order chi connectivity index (χ1) is 9.69. The van der Waals surface area contributed by atoms with Crippen molar-refractivity contribution in [2.75, 3.05) is 0 Å². The van der Waals surface area contributed by atoms with Crippen molar-refractivity contribution in [3.8, 4) is 0 Å². The lowest BCUT2D eigenvalue weighted by atomic mass is 9.92. The molecule has 0 radical (unpaired) electrons. The molecule has 1 saturated carbocycles. The number of nitrogens with one attached hydrogen (secondary N) is 1. The van der Waals surface area contributed by atoms with Crippen molar-refractivity contribution < 1.29 is 4.79 Å². The van der Waals surface area contributed by atoms with Gasteiger partial charge in [0.1, 0.15) is 0 Å². The number of hydrogen-bond donors (Lipinski definition) is 2. The van der Waals surface area contributed by atoms with Gasteiger partial charge in [-0.3, -0.25) is 4.79 Å². The summed E-state index contributed by atoms with van der Waals surface area (Å²) in [4.78, 5) is 12.2. The minimum atomic E-state index is -0.180. The third-order valence-electron chi connectivity index (χ3n) is 4.03. The molecule has 0 spiro atoms. The van der Waals surface area contributed by atoms with Crippen molar-refractivity contribution in [2.24, 2.45) is 11.7 Å². The summed E-state index contributed by atoms with van der Waals surface area (Å²) < 4.78 is 0. The number of hydrogen-bond acceptors (Lipinski definition) is 2.